The highest BCUT2D eigenvalue weighted by atomic mass is 16.7. The van der Waals surface area contributed by atoms with Crippen molar-refractivity contribution in [3.8, 4) is 0 Å². The van der Waals surface area contributed by atoms with E-state index >= 15 is 0 Å². The van der Waals surface area contributed by atoms with Gasteiger partial charge in [0.25, 0.3) is 0 Å². The van der Waals surface area contributed by atoms with Crippen molar-refractivity contribution >= 4 is 23.7 Å². The number of hydrogen-bond donors (Lipinski definition) is 4. The summed E-state index contributed by atoms with van der Waals surface area (Å²) in [4.78, 5) is 49.2. The molecule has 4 N–H and O–H groups in total. The van der Waals surface area contributed by atoms with Gasteiger partial charge in [0.15, 0.2) is 18.2 Å². The molecule has 5 fully saturated rings. The lowest BCUT2D eigenvalue weighted by molar-refractivity contribution is -0.292. The van der Waals surface area contributed by atoms with Gasteiger partial charge in [-0.3, -0.25) is 14.4 Å². The first-order valence-corrected chi connectivity index (χ1v) is 15.6. The summed E-state index contributed by atoms with van der Waals surface area (Å²) in [5, 5.41) is 39.7. The largest absolute Gasteiger partial charge is 0.479 e. The van der Waals surface area contributed by atoms with Crippen molar-refractivity contribution in [2.24, 2.45) is 40.4 Å². The Hall–Kier alpha value is -2.12. The molecule has 0 spiro atoms. The molecule has 1 aliphatic heterocycles. The maximum atomic E-state index is 13.7. The van der Waals surface area contributed by atoms with Crippen LogP contribution < -0.4 is 0 Å². The van der Waals surface area contributed by atoms with Crippen LogP contribution in [-0.2, 0) is 38.1 Å². The molecule has 4 aliphatic carbocycles. The van der Waals surface area contributed by atoms with Gasteiger partial charge in [-0.05, 0) is 80.0 Å². The molecular weight excluding hydrogens is 564 g/mol. The van der Waals surface area contributed by atoms with E-state index in [0.29, 0.717) is 18.8 Å². The van der Waals surface area contributed by atoms with E-state index in [4.69, 9.17) is 18.9 Å². The van der Waals surface area contributed by atoms with Crippen LogP contribution >= 0.6 is 0 Å². The zero-order valence-corrected chi connectivity index (χ0v) is 25.3. The van der Waals surface area contributed by atoms with Crippen LogP contribution in [0.4, 0.5) is 0 Å². The van der Waals surface area contributed by atoms with Gasteiger partial charge in [-0.1, -0.05) is 13.8 Å². The summed E-state index contributed by atoms with van der Waals surface area (Å²) < 4.78 is 22.4. The number of hydrogen-bond acceptors (Lipinski definition) is 11. The molecule has 0 radical (unpaired) electrons. The third kappa shape index (κ3) is 5.74. The van der Waals surface area contributed by atoms with Gasteiger partial charge in [0.2, 0.25) is 0 Å². The van der Waals surface area contributed by atoms with Crippen LogP contribution in [0.25, 0.3) is 0 Å². The number of esters is 2. The van der Waals surface area contributed by atoms with Crippen LogP contribution in [0.3, 0.4) is 0 Å². The number of rotatable bonds is 7. The molecule has 5 rings (SSSR count). The van der Waals surface area contributed by atoms with E-state index in [0.717, 1.165) is 38.5 Å². The minimum absolute atomic E-state index is 0.0905. The third-order valence-electron chi connectivity index (χ3n) is 11.8. The fourth-order valence-electron chi connectivity index (χ4n) is 9.96. The van der Waals surface area contributed by atoms with Crippen molar-refractivity contribution in [1.29, 1.82) is 0 Å². The van der Waals surface area contributed by atoms with Gasteiger partial charge in [-0.2, -0.15) is 0 Å². The third-order valence-corrected chi connectivity index (χ3v) is 11.8. The average Bonchev–Trinajstić information content (AvgIpc) is 3.27. The number of fused-ring (bicyclic) bond motifs is 5. The summed E-state index contributed by atoms with van der Waals surface area (Å²) in [6.07, 6.45) is -2.92. The van der Waals surface area contributed by atoms with Crippen LogP contribution in [0.2, 0.25) is 0 Å². The molecular formula is C31H46O12. The molecule has 242 valence electrons. The smallest absolute Gasteiger partial charge is 0.335 e. The van der Waals surface area contributed by atoms with Crippen LogP contribution in [0.1, 0.15) is 79.1 Å². The first-order valence-electron chi connectivity index (χ1n) is 15.6. The van der Waals surface area contributed by atoms with Gasteiger partial charge in [0, 0.05) is 25.7 Å². The SMILES string of the molecule is CC(=O)OC1C[C@@]2(C)C(CC[C@@H]2C(=O)COC2O[C@H](C(=O)O)[C@@H](O)[C@H](O)[C@H]2O)C2CC[C@@H]3C[C@H](OC(C)=O)CC[C@]3(C)C12. The minimum Gasteiger partial charge on any atom is -0.479 e. The molecule has 0 aromatic carbocycles. The number of carboxylic acids is 1. The second kappa shape index (κ2) is 12.0. The highest BCUT2D eigenvalue weighted by Crippen LogP contribution is 2.68. The summed E-state index contributed by atoms with van der Waals surface area (Å²) in [7, 11) is 0. The topological polar surface area (TPSA) is 186 Å². The molecule has 43 heavy (non-hydrogen) atoms. The number of aliphatic hydroxyl groups excluding tert-OH is 3. The van der Waals surface area contributed by atoms with Gasteiger partial charge in [-0.25, -0.2) is 4.79 Å². The van der Waals surface area contributed by atoms with E-state index < -0.39 is 54.6 Å². The lowest BCUT2D eigenvalue weighted by Crippen LogP contribution is -2.61. The van der Waals surface area contributed by atoms with Crippen LogP contribution in [0, 0.1) is 40.4 Å². The standard InChI is InChI=1S/C31H46O12/c1-14(32)41-17-9-10-30(3)16(11-17)5-6-18-19-7-8-20(31(19,4)12-22(23(18)30)42-15(2)33)21(34)13-40-29-26(37)24(35)25(36)27(43-29)28(38)39/h16-20,22-27,29,35-37H,5-13H2,1-4H3,(H,38,39)/t16-,17-,18?,19?,20-,22?,23?,24+,25+,26-,27+,29?,30+,31+/m1/s1. The Bertz CT molecular complexity index is 1110. The molecule has 4 saturated carbocycles. The van der Waals surface area contributed by atoms with Crippen LogP contribution in [0.5, 0.6) is 0 Å². The Balaban J connectivity index is 1.32. The monoisotopic (exact) mass is 610 g/mol. The van der Waals surface area contributed by atoms with E-state index in [1.807, 2.05) is 0 Å². The van der Waals surface area contributed by atoms with Crippen molar-refractivity contribution < 1.29 is 58.6 Å². The number of aliphatic hydroxyl groups is 3. The lowest BCUT2D eigenvalue weighted by Gasteiger charge is -2.62. The van der Waals surface area contributed by atoms with E-state index in [-0.39, 0.29) is 53.1 Å². The molecule has 12 nitrogen and oxygen atoms in total. The van der Waals surface area contributed by atoms with Gasteiger partial charge in [0.05, 0.1) is 0 Å². The average molecular weight is 611 g/mol. The Kier molecular flexibility index (Phi) is 9.01. The number of Topliss-reactive ketones (excluding diaryl/α,β-unsaturated/α-hetero) is 1. The van der Waals surface area contributed by atoms with Gasteiger partial charge < -0.3 is 39.4 Å². The molecule has 1 heterocycles. The van der Waals surface area contributed by atoms with E-state index in [1.54, 1.807) is 0 Å². The van der Waals surface area contributed by atoms with Gasteiger partial charge >= 0.3 is 17.9 Å². The second-order valence-electron chi connectivity index (χ2n) is 14.1. The predicted octanol–water partition coefficient (Wildman–Crippen LogP) is 1.60. The number of ketones is 1. The fourth-order valence-corrected chi connectivity index (χ4v) is 9.96. The summed E-state index contributed by atoms with van der Waals surface area (Å²) >= 11 is 0. The molecule has 0 aromatic heterocycles. The van der Waals surface area contributed by atoms with Crippen molar-refractivity contribution in [1.82, 2.24) is 0 Å². The first-order chi connectivity index (χ1) is 20.2. The molecule has 0 amide bonds. The summed E-state index contributed by atoms with van der Waals surface area (Å²) in [6.45, 7) is 6.79. The zero-order valence-electron chi connectivity index (χ0n) is 25.3. The lowest BCUT2D eigenvalue weighted by atomic mass is 9.43. The van der Waals surface area contributed by atoms with E-state index in [2.05, 4.69) is 13.8 Å². The van der Waals surface area contributed by atoms with Gasteiger partial charge in [0.1, 0.15) is 37.1 Å². The van der Waals surface area contributed by atoms with E-state index in [1.165, 1.54) is 13.8 Å². The molecule has 5 aliphatic rings. The minimum atomic E-state index is -1.85. The maximum absolute atomic E-state index is 13.7. The highest BCUT2D eigenvalue weighted by Gasteiger charge is 2.65. The summed E-state index contributed by atoms with van der Waals surface area (Å²) in [5.74, 6) is -1.83. The predicted molar refractivity (Wildman–Crippen MR) is 147 cm³/mol. The van der Waals surface area contributed by atoms with Crippen molar-refractivity contribution in [3.05, 3.63) is 0 Å². The zero-order chi connectivity index (χ0) is 31.4. The normalized spacial score (nSPS) is 47.4. The molecule has 0 aromatic rings. The molecule has 14 atom stereocenters. The van der Waals surface area contributed by atoms with Crippen LogP contribution in [0.15, 0.2) is 0 Å². The number of carbonyl (C=O) groups excluding carboxylic acids is 3. The molecule has 12 heteroatoms. The summed E-state index contributed by atoms with van der Waals surface area (Å²) in [6, 6.07) is 0. The van der Waals surface area contributed by atoms with Crippen molar-refractivity contribution in [2.45, 2.75) is 122 Å². The highest BCUT2D eigenvalue weighted by molar-refractivity contribution is 5.83. The first kappa shape index (κ1) is 32.3. The van der Waals surface area contributed by atoms with Crippen molar-refractivity contribution in [2.75, 3.05) is 6.61 Å². The Morgan fingerprint density at radius 2 is 1.56 bits per heavy atom. The second-order valence-corrected chi connectivity index (χ2v) is 14.1. The van der Waals surface area contributed by atoms with Crippen molar-refractivity contribution in [3.63, 3.8) is 0 Å². The Morgan fingerprint density at radius 3 is 2.21 bits per heavy atom. The van der Waals surface area contributed by atoms with E-state index in [9.17, 15) is 39.6 Å². The fraction of sp³-hybridized carbons (Fsp3) is 0.871. The number of carboxylic acid groups (broad SMARTS) is 1. The number of aliphatic carboxylic acids is 1. The number of carbonyl (C=O) groups is 4. The Labute approximate surface area is 251 Å². The molecule has 5 unspecified atom stereocenters. The number of ether oxygens (including phenoxy) is 4. The molecule has 0 bridgehead atoms. The van der Waals surface area contributed by atoms with Gasteiger partial charge in [-0.15, -0.1) is 0 Å². The summed E-state index contributed by atoms with van der Waals surface area (Å²) in [5.41, 5.74) is -0.558. The molecule has 1 saturated heterocycles. The Morgan fingerprint density at radius 1 is 0.860 bits per heavy atom. The quantitative estimate of drug-likeness (QED) is 0.306. The van der Waals surface area contributed by atoms with Crippen LogP contribution in [-0.4, -0.2) is 93.6 Å². The maximum Gasteiger partial charge on any atom is 0.335 e.